The van der Waals surface area contributed by atoms with Crippen LogP contribution in [0.3, 0.4) is 0 Å². The summed E-state index contributed by atoms with van der Waals surface area (Å²) in [5.74, 6) is 0.872. The van der Waals surface area contributed by atoms with Crippen molar-refractivity contribution in [1.29, 1.82) is 0 Å². The monoisotopic (exact) mass is 437 g/mol. The molecule has 0 radical (unpaired) electrons. The van der Waals surface area contributed by atoms with Crippen molar-refractivity contribution in [3.05, 3.63) is 53.9 Å². The van der Waals surface area contributed by atoms with Crippen LogP contribution in [0.15, 0.2) is 51.8 Å². The number of aromatic nitrogens is 2. The molecule has 3 heterocycles. The van der Waals surface area contributed by atoms with Crippen LogP contribution in [0.25, 0.3) is 11.0 Å². The van der Waals surface area contributed by atoms with Crippen LogP contribution in [0.2, 0.25) is 0 Å². The molecule has 8 nitrogen and oxygen atoms in total. The molecule has 160 valence electrons. The summed E-state index contributed by atoms with van der Waals surface area (Å²) < 4.78 is 29.6. The number of carbonyl (C=O) groups excluding carboxylic acids is 1. The number of hydrogen-bond donors (Lipinski definition) is 2. The molecule has 2 aromatic carbocycles. The summed E-state index contributed by atoms with van der Waals surface area (Å²) in [6.07, 6.45) is 3.61. The van der Waals surface area contributed by atoms with Gasteiger partial charge in [-0.3, -0.25) is 4.79 Å². The molecule has 2 aliphatic rings. The number of aromatic amines is 1. The van der Waals surface area contributed by atoms with Crippen LogP contribution in [-0.2, 0) is 10.0 Å². The van der Waals surface area contributed by atoms with E-state index in [0.717, 1.165) is 36.8 Å². The topological polar surface area (TPSA) is 108 Å². The average molecular weight is 438 g/mol. The number of amides is 1. The first-order chi connectivity index (χ1) is 14.9. The number of nitrogens with zero attached hydrogens (tertiary/aromatic N) is 3. The Labute approximate surface area is 180 Å². The van der Waals surface area contributed by atoms with Crippen molar-refractivity contribution in [2.24, 2.45) is 4.40 Å². The molecule has 1 unspecified atom stereocenters. The van der Waals surface area contributed by atoms with Crippen LogP contribution in [0.5, 0.6) is 0 Å². The Morgan fingerprint density at radius 3 is 2.84 bits per heavy atom. The van der Waals surface area contributed by atoms with Gasteiger partial charge in [0.2, 0.25) is 0 Å². The largest absolute Gasteiger partial charge is 0.342 e. The lowest BCUT2D eigenvalue weighted by atomic mass is 10.1. The highest BCUT2D eigenvalue weighted by Crippen LogP contribution is 2.35. The van der Waals surface area contributed by atoms with Crippen molar-refractivity contribution in [3.8, 4) is 0 Å². The minimum absolute atomic E-state index is 0.0854. The molecule has 2 aliphatic heterocycles. The van der Waals surface area contributed by atoms with Crippen molar-refractivity contribution < 1.29 is 13.2 Å². The second-order valence-electron chi connectivity index (χ2n) is 7.96. The van der Waals surface area contributed by atoms with Crippen molar-refractivity contribution in [3.63, 3.8) is 0 Å². The number of fused-ring (bicyclic) bond motifs is 4. The normalized spacial score (nSPS) is 18.5. The Hall–Kier alpha value is -3.20. The Balaban J connectivity index is 1.42. The zero-order valence-electron chi connectivity index (χ0n) is 17.1. The molecule has 2 N–H and O–H groups in total. The van der Waals surface area contributed by atoms with Crippen molar-refractivity contribution in [1.82, 2.24) is 15.3 Å². The minimum atomic E-state index is -3.83. The predicted octanol–water partition coefficient (Wildman–Crippen LogP) is 3.54. The fourth-order valence-corrected chi connectivity index (χ4v) is 5.43. The second kappa shape index (κ2) is 7.49. The molecule has 3 aromatic rings. The lowest BCUT2D eigenvalue weighted by molar-refractivity contribution is 0.0938. The van der Waals surface area contributed by atoms with Gasteiger partial charge in [0.15, 0.2) is 0 Å². The van der Waals surface area contributed by atoms with Crippen LogP contribution in [0.4, 0.5) is 5.69 Å². The van der Waals surface area contributed by atoms with Gasteiger partial charge in [0.05, 0.1) is 22.8 Å². The molecule has 0 saturated carbocycles. The Morgan fingerprint density at radius 1 is 1.16 bits per heavy atom. The maximum atomic E-state index is 12.9. The highest BCUT2D eigenvalue weighted by atomic mass is 32.2. The van der Waals surface area contributed by atoms with Crippen molar-refractivity contribution in [2.75, 3.05) is 11.4 Å². The van der Waals surface area contributed by atoms with Crippen LogP contribution in [0, 0.1) is 0 Å². The molecule has 31 heavy (non-hydrogen) atoms. The molecule has 1 aromatic heterocycles. The van der Waals surface area contributed by atoms with Gasteiger partial charge in [-0.1, -0.05) is 18.6 Å². The summed E-state index contributed by atoms with van der Waals surface area (Å²) in [7, 11) is -3.83. The standard InChI is InChI=1S/C22H23N5O3S/c1-14(21-24-16-7-4-5-8-17(16)25-21)23-22(28)15-10-11-18-19(13-15)31(29,30)26-20-9-3-2-6-12-27(18)20/h4-5,7-8,10-11,13-14H,2-3,6,9,12H2,1H3,(H,23,28)(H,24,25). The lowest BCUT2D eigenvalue weighted by Gasteiger charge is -2.29. The van der Waals surface area contributed by atoms with Crippen LogP contribution in [-0.4, -0.2) is 36.7 Å². The molecule has 0 aliphatic carbocycles. The molecule has 1 fully saturated rings. The van der Waals surface area contributed by atoms with Gasteiger partial charge in [-0.25, -0.2) is 4.98 Å². The summed E-state index contributed by atoms with van der Waals surface area (Å²) >= 11 is 0. The Bertz CT molecular complexity index is 1280. The maximum absolute atomic E-state index is 12.9. The fraction of sp³-hybridized carbons (Fsp3) is 0.318. The summed E-state index contributed by atoms with van der Waals surface area (Å²) in [5, 5.41) is 2.90. The molecule has 1 saturated heterocycles. The maximum Gasteiger partial charge on any atom is 0.286 e. The number of hydrogen-bond acceptors (Lipinski definition) is 5. The average Bonchev–Trinajstić information content (AvgIpc) is 3.06. The summed E-state index contributed by atoms with van der Waals surface area (Å²) in [4.78, 5) is 22.7. The van der Waals surface area contributed by atoms with Gasteiger partial charge in [0, 0.05) is 18.5 Å². The number of H-pyrrole nitrogens is 1. The number of benzene rings is 2. The number of para-hydroxylation sites is 2. The van der Waals surface area contributed by atoms with E-state index in [2.05, 4.69) is 19.7 Å². The number of nitrogens with one attached hydrogen (secondary N) is 2. The van der Waals surface area contributed by atoms with E-state index in [-0.39, 0.29) is 22.4 Å². The van der Waals surface area contributed by atoms with Crippen LogP contribution in [0.1, 0.15) is 54.8 Å². The zero-order valence-corrected chi connectivity index (χ0v) is 17.9. The highest BCUT2D eigenvalue weighted by molar-refractivity contribution is 7.90. The van der Waals surface area contributed by atoms with E-state index in [9.17, 15) is 13.2 Å². The summed E-state index contributed by atoms with van der Waals surface area (Å²) in [6, 6.07) is 12.1. The number of imidazole rings is 1. The number of amidine groups is 1. The zero-order chi connectivity index (χ0) is 21.6. The predicted molar refractivity (Wildman–Crippen MR) is 119 cm³/mol. The van der Waals surface area contributed by atoms with E-state index in [1.807, 2.05) is 36.1 Å². The molecule has 5 rings (SSSR count). The lowest BCUT2D eigenvalue weighted by Crippen LogP contribution is -2.35. The number of rotatable bonds is 3. The van der Waals surface area contributed by atoms with Crippen LogP contribution < -0.4 is 10.2 Å². The highest BCUT2D eigenvalue weighted by Gasteiger charge is 2.32. The summed E-state index contributed by atoms with van der Waals surface area (Å²) in [5.41, 5.74) is 2.60. The van der Waals surface area contributed by atoms with Gasteiger partial charge in [-0.2, -0.15) is 8.42 Å². The van der Waals surface area contributed by atoms with Gasteiger partial charge in [0.25, 0.3) is 15.9 Å². The third-order valence-electron chi connectivity index (χ3n) is 5.78. The van der Waals surface area contributed by atoms with Crippen LogP contribution >= 0.6 is 0 Å². The number of carbonyl (C=O) groups is 1. The van der Waals surface area contributed by atoms with Gasteiger partial charge in [0.1, 0.15) is 16.6 Å². The molecule has 1 amide bonds. The minimum Gasteiger partial charge on any atom is -0.342 e. The third-order valence-corrected chi connectivity index (χ3v) is 7.11. The van der Waals surface area contributed by atoms with Gasteiger partial charge < -0.3 is 15.2 Å². The Morgan fingerprint density at radius 2 is 2.00 bits per heavy atom. The molecule has 9 heteroatoms. The van der Waals surface area contributed by atoms with Crippen molar-refractivity contribution in [2.45, 2.75) is 43.5 Å². The molecule has 0 bridgehead atoms. The van der Waals surface area contributed by atoms with Crippen molar-refractivity contribution >= 4 is 38.5 Å². The SMILES string of the molecule is CC(NC(=O)c1ccc2c(c1)S(=O)(=O)N=C1CCCCCN12)c1nc2ccccc2[nH]1. The van der Waals surface area contributed by atoms with E-state index in [1.54, 1.807) is 12.1 Å². The quantitative estimate of drug-likeness (QED) is 0.652. The second-order valence-corrected chi connectivity index (χ2v) is 9.53. The van der Waals surface area contributed by atoms with Gasteiger partial charge in [-0.15, -0.1) is 4.40 Å². The van der Waals surface area contributed by atoms with E-state index < -0.39 is 10.0 Å². The van der Waals surface area contributed by atoms with Gasteiger partial charge in [-0.05, 0) is 50.1 Å². The first-order valence-corrected chi connectivity index (χ1v) is 11.9. The number of sulfonamides is 1. The molecular weight excluding hydrogens is 414 g/mol. The smallest absolute Gasteiger partial charge is 0.286 e. The Kier molecular flexibility index (Phi) is 4.77. The first-order valence-electron chi connectivity index (χ1n) is 10.4. The first kappa shape index (κ1) is 19.7. The molecular formula is C22H23N5O3S. The molecule has 0 spiro atoms. The third kappa shape index (κ3) is 3.59. The number of anilines is 1. The van der Waals surface area contributed by atoms with E-state index in [0.29, 0.717) is 23.8 Å². The van der Waals surface area contributed by atoms with E-state index >= 15 is 0 Å². The fourth-order valence-electron chi connectivity index (χ4n) is 4.15. The summed E-state index contributed by atoms with van der Waals surface area (Å²) in [6.45, 7) is 2.56. The van der Waals surface area contributed by atoms with E-state index in [1.165, 1.54) is 6.07 Å². The van der Waals surface area contributed by atoms with E-state index in [4.69, 9.17) is 0 Å². The molecule has 1 atom stereocenters. The van der Waals surface area contributed by atoms with Gasteiger partial charge >= 0.3 is 0 Å².